The molecule has 2 aliphatic rings. The lowest BCUT2D eigenvalue weighted by Gasteiger charge is -2.24. The average Bonchev–Trinajstić information content (AvgIpc) is 3.03. The molecular weight excluding hydrogens is 228 g/mol. The summed E-state index contributed by atoms with van der Waals surface area (Å²) >= 11 is 0. The van der Waals surface area contributed by atoms with Crippen molar-refractivity contribution >= 4 is 11.7 Å². The highest BCUT2D eigenvalue weighted by Crippen LogP contribution is 2.25. The fourth-order valence-electron chi connectivity index (χ4n) is 2.43. The number of nitrogens with zero attached hydrogens (tertiary/aromatic N) is 3. The van der Waals surface area contributed by atoms with Gasteiger partial charge >= 0.3 is 0 Å². The predicted molar refractivity (Wildman–Crippen MR) is 68.3 cm³/mol. The van der Waals surface area contributed by atoms with Gasteiger partial charge in [0.2, 0.25) is 5.91 Å². The van der Waals surface area contributed by atoms with Crippen molar-refractivity contribution in [1.82, 2.24) is 15.3 Å². The Kier molecular flexibility index (Phi) is 2.89. The molecule has 18 heavy (non-hydrogen) atoms. The van der Waals surface area contributed by atoms with Gasteiger partial charge < -0.3 is 10.2 Å². The number of aromatic nitrogens is 2. The third-order valence-electron chi connectivity index (χ3n) is 3.52. The summed E-state index contributed by atoms with van der Waals surface area (Å²) in [5.74, 6) is 0.974. The molecule has 1 atom stereocenters. The lowest BCUT2D eigenvalue weighted by Crippen LogP contribution is -2.44. The van der Waals surface area contributed by atoms with Crippen molar-refractivity contribution in [3.05, 3.63) is 18.1 Å². The number of anilines is 1. The number of rotatable bonds is 3. The molecule has 0 radical (unpaired) electrons. The zero-order valence-electron chi connectivity index (χ0n) is 10.6. The first-order valence-electron chi connectivity index (χ1n) is 6.60. The largest absolute Gasteiger partial charge is 0.352 e. The van der Waals surface area contributed by atoms with Crippen LogP contribution < -0.4 is 10.2 Å². The third kappa shape index (κ3) is 2.30. The van der Waals surface area contributed by atoms with E-state index in [2.05, 4.69) is 20.2 Å². The molecular formula is C13H18N4O. The van der Waals surface area contributed by atoms with Gasteiger partial charge in [-0.05, 0) is 32.6 Å². The van der Waals surface area contributed by atoms with Crippen molar-refractivity contribution in [3.8, 4) is 0 Å². The molecule has 0 spiro atoms. The number of carbonyl (C=O) groups is 1. The highest BCUT2D eigenvalue weighted by atomic mass is 16.2. The summed E-state index contributed by atoms with van der Waals surface area (Å²) in [6, 6.07) is 0.352. The summed E-state index contributed by atoms with van der Waals surface area (Å²) in [5, 5.41) is 3.08. The molecule has 1 aromatic heterocycles. The van der Waals surface area contributed by atoms with Gasteiger partial charge in [-0.2, -0.15) is 0 Å². The molecule has 1 saturated carbocycles. The number of hydrogen-bond donors (Lipinski definition) is 1. The maximum atomic E-state index is 12.2. The second kappa shape index (κ2) is 4.55. The van der Waals surface area contributed by atoms with Crippen LogP contribution in [-0.4, -0.2) is 34.5 Å². The Hall–Kier alpha value is -1.65. The Morgan fingerprint density at radius 2 is 2.22 bits per heavy atom. The van der Waals surface area contributed by atoms with E-state index >= 15 is 0 Å². The molecule has 2 heterocycles. The van der Waals surface area contributed by atoms with Gasteiger partial charge in [0.25, 0.3) is 0 Å². The van der Waals surface area contributed by atoms with Crippen LogP contribution in [-0.2, 0) is 4.79 Å². The summed E-state index contributed by atoms with van der Waals surface area (Å²) in [4.78, 5) is 22.9. The van der Waals surface area contributed by atoms with E-state index in [0.29, 0.717) is 6.04 Å². The molecule has 0 aromatic carbocycles. The van der Waals surface area contributed by atoms with Crippen molar-refractivity contribution in [1.29, 1.82) is 0 Å². The molecule has 3 rings (SSSR count). The van der Waals surface area contributed by atoms with Crippen LogP contribution in [0, 0.1) is 6.92 Å². The minimum atomic E-state index is -0.0679. The van der Waals surface area contributed by atoms with Crippen molar-refractivity contribution in [3.63, 3.8) is 0 Å². The minimum absolute atomic E-state index is 0.0679. The quantitative estimate of drug-likeness (QED) is 0.865. The molecule has 5 nitrogen and oxygen atoms in total. The maximum absolute atomic E-state index is 12.2. The second-order valence-electron chi connectivity index (χ2n) is 5.15. The first kappa shape index (κ1) is 11.4. The van der Waals surface area contributed by atoms with Crippen LogP contribution >= 0.6 is 0 Å². The number of aryl methyl sites for hydroxylation is 1. The van der Waals surface area contributed by atoms with Crippen molar-refractivity contribution in [2.45, 2.75) is 44.7 Å². The fourth-order valence-corrected chi connectivity index (χ4v) is 2.43. The van der Waals surface area contributed by atoms with Crippen molar-refractivity contribution in [2.75, 3.05) is 11.4 Å². The minimum Gasteiger partial charge on any atom is -0.352 e. The molecule has 0 bridgehead atoms. The van der Waals surface area contributed by atoms with Gasteiger partial charge in [0.15, 0.2) is 0 Å². The van der Waals surface area contributed by atoms with E-state index in [1.54, 1.807) is 12.4 Å². The summed E-state index contributed by atoms with van der Waals surface area (Å²) in [6.45, 7) is 2.81. The normalized spacial score (nSPS) is 23.2. The van der Waals surface area contributed by atoms with Crippen LogP contribution in [0.5, 0.6) is 0 Å². The fraction of sp³-hybridized carbons (Fsp3) is 0.615. The van der Waals surface area contributed by atoms with E-state index in [9.17, 15) is 4.79 Å². The Morgan fingerprint density at radius 3 is 2.94 bits per heavy atom. The Labute approximate surface area is 107 Å². The highest BCUT2D eigenvalue weighted by Gasteiger charge is 2.34. The van der Waals surface area contributed by atoms with Gasteiger partial charge in [-0.15, -0.1) is 0 Å². The van der Waals surface area contributed by atoms with Crippen LogP contribution in [0.25, 0.3) is 0 Å². The first-order valence-corrected chi connectivity index (χ1v) is 6.60. The number of hydrogen-bond acceptors (Lipinski definition) is 4. The molecule has 1 amide bonds. The van der Waals surface area contributed by atoms with Gasteiger partial charge in [-0.3, -0.25) is 9.78 Å². The lowest BCUT2D eigenvalue weighted by atomic mass is 10.2. The third-order valence-corrected chi connectivity index (χ3v) is 3.52. The lowest BCUT2D eigenvalue weighted by molar-refractivity contribution is -0.122. The van der Waals surface area contributed by atoms with E-state index in [0.717, 1.165) is 43.7 Å². The molecule has 1 aromatic rings. The average molecular weight is 246 g/mol. The van der Waals surface area contributed by atoms with E-state index in [4.69, 9.17) is 0 Å². The van der Waals surface area contributed by atoms with Gasteiger partial charge in [0, 0.05) is 18.8 Å². The van der Waals surface area contributed by atoms with Crippen molar-refractivity contribution in [2.24, 2.45) is 0 Å². The van der Waals surface area contributed by atoms with Crippen molar-refractivity contribution < 1.29 is 4.79 Å². The van der Waals surface area contributed by atoms with E-state index in [1.165, 1.54) is 0 Å². The Balaban J connectivity index is 1.75. The molecule has 2 fully saturated rings. The maximum Gasteiger partial charge on any atom is 0.242 e. The van der Waals surface area contributed by atoms with E-state index in [-0.39, 0.29) is 11.9 Å². The first-order chi connectivity index (χ1) is 8.74. The van der Waals surface area contributed by atoms with Crippen LogP contribution in [0.2, 0.25) is 0 Å². The standard InChI is InChI=1S/C13H18N4O/c1-9-7-14-8-12(15-9)17-6-2-3-11(17)13(18)16-10-4-5-10/h7-8,10-11H,2-6H2,1H3,(H,16,18)/t11-/m1/s1. The van der Waals surface area contributed by atoms with Crippen LogP contribution in [0.3, 0.4) is 0 Å². The monoisotopic (exact) mass is 246 g/mol. The highest BCUT2D eigenvalue weighted by molar-refractivity contribution is 5.86. The molecule has 1 saturated heterocycles. The summed E-state index contributed by atoms with van der Waals surface area (Å²) in [7, 11) is 0. The molecule has 96 valence electrons. The van der Waals surface area contributed by atoms with Crippen LogP contribution in [0.4, 0.5) is 5.82 Å². The predicted octanol–water partition coefficient (Wildman–Crippen LogP) is 1.03. The summed E-state index contributed by atoms with van der Waals surface area (Å²) in [5.41, 5.74) is 0.890. The van der Waals surface area contributed by atoms with Crippen LogP contribution in [0.1, 0.15) is 31.4 Å². The number of carbonyl (C=O) groups excluding carboxylic acids is 1. The second-order valence-corrected chi connectivity index (χ2v) is 5.15. The van der Waals surface area contributed by atoms with Crippen LogP contribution in [0.15, 0.2) is 12.4 Å². The zero-order chi connectivity index (χ0) is 12.5. The van der Waals surface area contributed by atoms with Gasteiger partial charge in [0.05, 0.1) is 11.9 Å². The Bertz CT molecular complexity index is 458. The zero-order valence-corrected chi connectivity index (χ0v) is 10.6. The topological polar surface area (TPSA) is 58.1 Å². The molecule has 0 unspecified atom stereocenters. The molecule has 1 aliphatic heterocycles. The molecule has 5 heteroatoms. The van der Waals surface area contributed by atoms with E-state index < -0.39 is 0 Å². The summed E-state index contributed by atoms with van der Waals surface area (Å²) in [6.07, 6.45) is 7.69. The van der Waals surface area contributed by atoms with Gasteiger partial charge in [-0.1, -0.05) is 0 Å². The number of amides is 1. The summed E-state index contributed by atoms with van der Waals surface area (Å²) < 4.78 is 0. The van der Waals surface area contributed by atoms with Gasteiger partial charge in [-0.25, -0.2) is 4.98 Å². The molecule has 1 N–H and O–H groups in total. The number of nitrogens with one attached hydrogen (secondary N) is 1. The Morgan fingerprint density at radius 1 is 1.39 bits per heavy atom. The van der Waals surface area contributed by atoms with Gasteiger partial charge in [0.1, 0.15) is 11.9 Å². The molecule has 1 aliphatic carbocycles. The SMILES string of the molecule is Cc1cncc(N2CCC[C@@H]2C(=O)NC2CC2)n1. The smallest absolute Gasteiger partial charge is 0.242 e. The van der Waals surface area contributed by atoms with E-state index in [1.807, 2.05) is 6.92 Å².